The molecule has 0 saturated heterocycles. The highest BCUT2D eigenvalue weighted by Gasteiger charge is 2.07. The van der Waals surface area contributed by atoms with Crippen molar-refractivity contribution in [1.29, 1.82) is 5.26 Å². The van der Waals surface area contributed by atoms with Crippen molar-refractivity contribution in [3.8, 4) is 11.8 Å². The number of carbonyl (C=O) groups is 1. The molecule has 7 nitrogen and oxygen atoms in total. The van der Waals surface area contributed by atoms with E-state index in [1.165, 1.54) is 0 Å². The molecule has 7 heteroatoms. The molecule has 1 aromatic carbocycles. The lowest BCUT2D eigenvalue weighted by Gasteiger charge is -2.06. The summed E-state index contributed by atoms with van der Waals surface area (Å²) in [5.41, 5.74) is 1.53. The molecule has 1 N–H and O–H groups in total. The summed E-state index contributed by atoms with van der Waals surface area (Å²) < 4.78 is 7.14. The molecule has 0 saturated carbocycles. The lowest BCUT2D eigenvalue weighted by Crippen LogP contribution is -2.20. The minimum atomic E-state index is -0.302. The molecule has 0 spiro atoms. The van der Waals surface area contributed by atoms with Crippen LogP contribution < -0.4 is 10.1 Å². The van der Waals surface area contributed by atoms with Gasteiger partial charge in [-0.25, -0.2) is 0 Å². The Balaban J connectivity index is 1.45. The summed E-state index contributed by atoms with van der Waals surface area (Å²) in [5.74, 6) is 0.698. The maximum absolute atomic E-state index is 11.9. The van der Waals surface area contributed by atoms with Crippen LogP contribution in [0, 0.1) is 11.3 Å². The van der Waals surface area contributed by atoms with Gasteiger partial charge in [0.15, 0.2) is 12.4 Å². The van der Waals surface area contributed by atoms with Crippen LogP contribution in [-0.2, 0) is 17.8 Å². The first-order chi connectivity index (χ1) is 12.7. The lowest BCUT2D eigenvalue weighted by atomic mass is 10.2. The van der Waals surface area contributed by atoms with E-state index in [9.17, 15) is 4.79 Å². The monoisotopic (exact) mass is 347 g/mol. The summed E-state index contributed by atoms with van der Waals surface area (Å²) >= 11 is 0. The van der Waals surface area contributed by atoms with Gasteiger partial charge in [-0.2, -0.15) is 10.4 Å². The number of anilines is 1. The first-order valence-corrected chi connectivity index (χ1v) is 8.09. The molecular weight excluding hydrogens is 330 g/mol. The molecule has 3 aromatic rings. The van der Waals surface area contributed by atoms with Gasteiger partial charge in [0.2, 0.25) is 0 Å². The summed E-state index contributed by atoms with van der Waals surface area (Å²) in [6.45, 7) is 0.543. The number of hydrogen-bond donors (Lipinski definition) is 1. The fourth-order valence-corrected chi connectivity index (χ4v) is 2.28. The van der Waals surface area contributed by atoms with E-state index >= 15 is 0 Å². The average molecular weight is 347 g/mol. The Morgan fingerprint density at radius 2 is 2.04 bits per heavy atom. The Bertz CT molecular complexity index is 898. The molecule has 130 valence electrons. The number of aryl methyl sites for hydroxylation is 2. The highest BCUT2D eigenvalue weighted by molar-refractivity contribution is 5.90. The first-order valence-electron chi connectivity index (χ1n) is 8.09. The molecule has 0 fully saturated rings. The van der Waals surface area contributed by atoms with Gasteiger partial charge in [0, 0.05) is 37.1 Å². The number of benzene rings is 1. The summed E-state index contributed by atoms with van der Waals surface area (Å²) in [6, 6.07) is 16.1. The van der Waals surface area contributed by atoms with E-state index < -0.39 is 0 Å². The third-order valence-electron chi connectivity index (χ3n) is 3.58. The van der Waals surface area contributed by atoms with Crippen molar-refractivity contribution in [2.24, 2.45) is 0 Å². The van der Waals surface area contributed by atoms with Crippen molar-refractivity contribution >= 4 is 11.7 Å². The third kappa shape index (κ3) is 4.92. The SMILES string of the molecule is N#Cc1ccc(OCC(=O)Nc2ccn(CCc3ccccn3)n2)cc1. The summed E-state index contributed by atoms with van der Waals surface area (Å²) in [4.78, 5) is 16.2. The Hall–Kier alpha value is -3.66. The van der Waals surface area contributed by atoms with Gasteiger partial charge >= 0.3 is 0 Å². The third-order valence-corrected chi connectivity index (χ3v) is 3.58. The van der Waals surface area contributed by atoms with Crippen molar-refractivity contribution in [3.63, 3.8) is 0 Å². The van der Waals surface area contributed by atoms with Crippen LogP contribution in [0.15, 0.2) is 60.9 Å². The quantitative estimate of drug-likeness (QED) is 0.708. The maximum Gasteiger partial charge on any atom is 0.263 e. The predicted octanol–water partition coefficient (Wildman–Crippen LogP) is 2.41. The Kier molecular flexibility index (Phi) is 5.58. The van der Waals surface area contributed by atoms with Gasteiger partial charge in [-0.3, -0.25) is 14.5 Å². The minimum absolute atomic E-state index is 0.132. The van der Waals surface area contributed by atoms with Crippen LogP contribution in [0.4, 0.5) is 5.82 Å². The van der Waals surface area contributed by atoms with Crippen molar-refractivity contribution < 1.29 is 9.53 Å². The van der Waals surface area contributed by atoms with Crippen LogP contribution in [0.1, 0.15) is 11.3 Å². The number of carbonyl (C=O) groups excluding carboxylic acids is 1. The molecule has 0 aliphatic heterocycles. The second kappa shape index (κ2) is 8.44. The zero-order valence-electron chi connectivity index (χ0n) is 14.0. The maximum atomic E-state index is 11.9. The van der Waals surface area contributed by atoms with Crippen molar-refractivity contribution in [3.05, 3.63) is 72.2 Å². The fraction of sp³-hybridized carbons (Fsp3) is 0.158. The smallest absolute Gasteiger partial charge is 0.263 e. The van der Waals surface area contributed by atoms with Crippen LogP contribution in [0.2, 0.25) is 0 Å². The normalized spacial score (nSPS) is 10.1. The van der Waals surface area contributed by atoms with Gasteiger partial charge < -0.3 is 10.1 Å². The van der Waals surface area contributed by atoms with Crippen LogP contribution >= 0.6 is 0 Å². The van der Waals surface area contributed by atoms with E-state index in [4.69, 9.17) is 10.00 Å². The van der Waals surface area contributed by atoms with Gasteiger partial charge in [0.25, 0.3) is 5.91 Å². The molecule has 2 heterocycles. The first kappa shape index (κ1) is 17.2. The number of aromatic nitrogens is 3. The van der Waals surface area contributed by atoms with E-state index in [-0.39, 0.29) is 12.5 Å². The number of hydrogen-bond acceptors (Lipinski definition) is 5. The highest BCUT2D eigenvalue weighted by Crippen LogP contribution is 2.11. The van der Waals surface area contributed by atoms with E-state index in [1.807, 2.05) is 24.3 Å². The van der Waals surface area contributed by atoms with Gasteiger partial charge in [-0.1, -0.05) is 6.07 Å². The molecule has 1 amide bonds. The number of amides is 1. The Morgan fingerprint density at radius 3 is 2.77 bits per heavy atom. The van der Waals surface area contributed by atoms with E-state index in [1.54, 1.807) is 47.4 Å². The lowest BCUT2D eigenvalue weighted by molar-refractivity contribution is -0.118. The summed E-state index contributed by atoms with van der Waals surface area (Å²) in [5, 5.41) is 15.7. The number of rotatable bonds is 7. The average Bonchev–Trinajstić information content (AvgIpc) is 3.13. The summed E-state index contributed by atoms with van der Waals surface area (Å²) in [7, 11) is 0. The zero-order chi connectivity index (χ0) is 18.2. The highest BCUT2D eigenvalue weighted by atomic mass is 16.5. The molecule has 0 unspecified atom stereocenters. The van der Waals surface area contributed by atoms with Gasteiger partial charge in [-0.15, -0.1) is 0 Å². The number of nitrogens with zero attached hydrogens (tertiary/aromatic N) is 4. The standard InChI is InChI=1S/C19H17N5O2/c20-13-15-4-6-17(7-5-15)26-14-19(25)22-18-9-12-24(23-18)11-8-16-3-1-2-10-21-16/h1-7,9-10,12H,8,11,14H2,(H,22,23,25). The van der Waals surface area contributed by atoms with Gasteiger partial charge in [0.05, 0.1) is 11.6 Å². The van der Waals surface area contributed by atoms with Crippen LogP contribution in [0.5, 0.6) is 5.75 Å². The molecule has 26 heavy (non-hydrogen) atoms. The number of nitriles is 1. The molecule has 2 aromatic heterocycles. The second-order valence-electron chi connectivity index (χ2n) is 5.51. The van der Waals surface area contributed by atoms with Crippen molar-refractivity contribution in [2.75, 3.05) is 11.9 Å². The van der Waals surface area contributed by atoms with Crippen LogP contribution in [0.3, 0.4) is 0 Å². The molecule has 0 atom stereocenters. The Morgan fingerprint density at radius 1 is 1.19 bits per heavy atom. The molecule has 3 rings (SSSR count). The summed E-state index contributed by atoms with van der Waals surface area (Å²) in [6.07, 6.45) is 4.33. The van der Waals surface area contributed by atoms with E-state index in [0.29, 0.717) is 23.7 Å². The molecular formula is C19H17N5O2. The number of ether oxygens (including phenoxy) is 1. The zero-order valence-corrected chi connectivity index (χ0v) is 14.0. The van der Waals surface area contributed by atoms with Crippen LogP contribution in [0.25, 0.3) is 0 Å². The predicted molar refractivity (Wildman–Crippen MR) is 95.4 cm³/mol. The molecule has 0 aliphatic carbocycles. The van der Waals surface area contributed by atoms with Gasteiger partial charge in [0.1, 0.15) is 5.75 Å². The minimum Gasteiger partial charge on any atom is -0.484 e. The number of pyridine rings is 1. The van der Waals surface area contributed by atoms with E-state index in [0.717, 1.165) is 12.1 Å². The van der Waals surface area contributed by atoms with Crippen LogP contribution in [-0.4, -0.2) is 27.3 Å². The van der Waals surface area contributed by atoms with Gasteiger partial charge in [-0.05, 0) is 36.4 Å². The number of nitrogens with one attached hydrogen (secondary N) is 1. The molecule has 0 bridgehead atoms. The topological polar surface area (TPSA) is 92.8 Å². The largest absolute Gasteiger partial charge is 0.484 e. The van der Waals surface area contributed by atoms with E-state index in [2.05, 4.69) is 15.4 Å². The van der Waals surface area contributed by atoms with Crippen molar-refractivity contribution in [1.82, 2.24) is 14.8 Å². The Labute approximate surface area is 150 Å². The fourth-order valence-electron chi connectivity index (χ4n) is 2.28. The second-order valence-corrected chi connectivity index (χ2v) is 5.51. The van der Waals surface area contributed by atoms with Crippen molar-refractivity contribution in [2.45, 2.75) is 13.0 Å². The molecule has 0 radical (unpaired) electrons. The molecule has 0 aliphatic rings.